The Balaban J connectivity index is 1.06. The van der Waals surface area contributed by atoms with E-state index in [4.69, 9.17) is 10.2 Å². The van der Waals surface area contributed by atoms with E-state index >= 15 is 0 Å². The average molecular weight is 753 g/mol. The van der Waals surface area contributed by atoms with Crippen LogP contribution in [0.4, 0.5) is 4.79 Å². The molecule has 51 heavy (non-hydrogen) atoms. The van der Waals surface area contributed by atoms with E-state index < -0.39 is 30.4 Å². The lowest BCUT2D eigenvalue weighted by molar-refractivity contribution is -0.139. The molecule has 0 radical (unpaired) electrons. The van der Waals surface area contributed by atoms with Gasteiger partial charge in [0.05, 0.1) is 33.3 Å². The fourth-order valence-electron chi connectivity index (χ4n) is 6.74. The molecule has 0 bridgehead atoms. The van der Waals surface area contributed by atoms with Crippen LogP contribution in [0.25, 0.3) is 0 Å². The molecule has 0 spiro atoms. The molecule has 14 heteroatoms. The van der Waals surface area contributed by atoms with Crippen LogP contribution in [0.3, 0.4) is 0 Å². The Bertz CT molecular complexity index is 2080. The minimum atomic E-state index is -0.921. The monoisotopic (exact) mass is 752 g/mol. The first kappa shape index (κ1) is 33.4. The summed E-state index contributed by atoms with van der Waals surface area (Å²) in [5.41, 5.74) is 2.60. The van der Waals surface area contributed by atoms with Crippen LogP contribution in [-0.4, -0.2) is 74.1 Å². The van der Waals surface area contributed by atoms with Crippen molar-refractivity contribution in [3.05, 3.63) is 125 Å². The molecule has 0 N–H and O–H groups in total. The third-order valence-electron chi connectivity index (χ3n) is 9.24. The summed E-state index contributed by atoms with van der Waals surface area (Å²) in [5, 5.41) is 20.2. The number of thiophene rings is 4. The number of benzene rings is 1. The Hall–Kier alpha value is -4.76. The predicted octanol–water partition coefficient (Wildman–Crippen LogP) is 7.25. The highest BCUT2D eigenvalue weighted by molar-refractivity contribution is 7.12. The fourth-order valence-corrected chi connectivity index (χ4v) is 9.81. The van der Waals surface area contributed by atoms with Crippen LogP contribution in [0.1, 0.15) is 56.4 Å². The SMILES string of the molecule is O=C1[C@H](CCc2ccccc2)N(CC(=O)N2N=C(c3cccs3)C[C@@H]2c2cccs2)C(=O)N1CC(=O)N1N=C(c2cccs2)C[C@H]1c1cccs1. The van der Waals surface area contributed by atoms with Gasteiger partial charge in [0.15, 0.2) is 0 Å². The molecule has 0 aliphatic carbocycles. The first-order valence-electron chi connectivity index (χ1n) is 16.5. The van der Waals surface area contributed by atoms with Crippen molar-refractivity contribution < 1.29 is 19.2 Å². The maximum absolute atomic E-state index is 14.2. The lowest BCUT2D eigenvalue weighted by atomic mass is 10.0. The maximum Gasteiger partial charge on any atom is 0.328 e. The number of imide groups is 1. The Morgan fingerprint density at radius 3 is 1.69 bits per heavy atom. The molecular weight excluding hydrogens is 721 g/mol. The molecule has 5 aromatic rings. The third kappa shape index (κ3) is 6.71. The van der Waals surface area contributed by atoms with E-state index in [1.807, 2.05) is 100 Å². The van der Waals surface area contributed by atoms with Crippen molar-refractivity contribution in [2.45, 2.75) is 43.8 Å². The van der Waals surface area contributed by atoms with Crippen LogP contribution in [0, 0.1) is 0 Å². The number of amides is 5. The van der Waals surface area contributed by atoms with E-state index in [0.29, 0.717) is 25.7 Å². The predicted molar refractivity (Wildman–Crippen MR) is 201 cm³/mol. The van der Waals surface area contributed by atoms with E-state index in [1.165, 1.54) is 26.3 Å². The molecule has 3 atom stereocenters. The molecule has 3 aliphatic heterocycles. The molecule has 4 aromatic heterocycles. The van der Waals surface area contributed by atoms with Gasteiger partial charge >= 0.3 is 6.03 Å². The summed E-state index contributed by atoms with van der Waals surface area (Å²) in [6, 6.07) is 23.1. The van der Waals surface area contributed by atoms with Gasteiger partial charge in [0.25, 0.3) is 17.7 Å². The Morgan fingerprint density at radius 2 is 1.18 bits per heavy atom. The number of carbonyl (C=O) groups excluding carboxylic acids is 4. The van der Waals surface area contributed by atoms with E-state index in [0.717, 1.165) is 41.4 Å². The molecule has 5 amide bonds. The number of nitrogens with zero attached hydrogens (tertiary/aromatic N) is 6. The van der Waals surface area contributed by atoms with Crippen LogP contribution < -0.4 is 0 Å². The van der Waals surface area contributed by atoms with E-state index in [-0.39, 0.29) is 24.5 Å². The zero-order valence-corrected chi connectivity index (χ0v) is 30.5. The Labute approximate surface area is 310 Å². The fraction of sp³-hybridized carbons (Fsp3) is 0.243. The number of hydrogen-bond donors (Lipinski definition) is 0. The van der Waals surface area contributed by atoms with Crippen LogP contribution in [-0.2, 0) is 20.8 Å². The second-order valence-corrected chi connectivity index (χ2v) is 16.2. The Morgan fingerprint density at radius 1 is 0.647 bits per heavy atom. The first-order valence-corrected chi connectivity index (χ1v) is 20.1. The van der Waals surface area contributed by atoms with Crippen LogP contribution in [0.2, 0.25) is 0 Å². The molecule has 10 nitrogen and oxygen atoms in total. The van der Waals surface area contributed by atoms with Gasteiger partial charge in [-0.2, -0.15) is 10.2 Å². The second-order valence-electron chi connectivity index (χ2n) is 12.4. The van der Waals surface area contributed by atoms with Gasteiger partial charge in [0.1, 0.15) is 19.1 Å². The number of hydrogen-bond acceptors (Lipinski definition) is 10. The molecule has 1 fully saturated rings. The number of rotatable bonds is 11. The van der Waals surface area contributed by atoms with Gasteiger partial charge in [0.2, 0.25) is 0 Å². The van der Waals surface area contributed by atoms with Gasteiger partial charge in [0, 0.05) is 22.6 Å². The van der Waals surface area contributed by atoms with Crippen LogP contribution in [0.5, 0.6) is 0 Å². The summed E-state index contributed by atoms with van der Waals surface area (Å²) >= 11 is 6.20. The van der Waals surface area contributed by atoms with Crippen molar-refractivity contribution in [3.8, 4) is 0 Å². The quantitative estimate of drug-likeness (QED) is 0.133. The summed E-state index contributed by atoms with van der Waals surface area (Å²) in [6.45, 7) is -0.824. The largest absolute Gasteiger partial charge is 0.328 e. The number of aryl methyl sites for hydroxylation is 1. The van der Waals surface area contributed by atoms with E-state index in [9.17, 15) is 19.2 Å². The summed E-state index contributed by atoms with van der Waals surface area (Å²) < 4.78 is 0. The summed E-state index contributed by atoms with van der Waals surface area (Å²) in [7, 11) is 0. The molecule has 7 heterocycles. The first-order chi connectivity index (χ1) is 24.9. The summed E-state index contributed by atoms with van der Waals surface area (Å²) in [5.74, 6) is -1.34. The van der Waals surface area contributed by atoms with Gasteiger partial charge in [-0.25, -0.2) is 14.8 Å². The minimum Gasteiger partial charge on any atom is -0.303 e. The minimum absolute atomic E-state index is 0.298. The van der Waals surface area contributed by atoms with Gasteiger partial charge < -0.3 is 4.90 Å². The molecule has 8 rings (SSSR count). The summed E-state index contributed by atoms with van der Waals surface area (Å²) in [6.07, 6.45) is 1.89. The maximum atomic E-state index is 14.2. The highest BCUT2D eigenvalue weighted by atomic mass is 32.1. The standard InChI is InChI=1S/C37H32N6O4S4/c44-34(42-28(32-12-6-18-50-32)20-25(38-42)30-10-4-16-48-30)22-40-27(15-14-24-8-2-1-3-9-24)36(46)41(37(40)47)23-35(45)43-29(33-13-7-19-51-33)21-26(39-43)31-11-5-17-49-31/h1-13,16-19,27-29H,14-15,20-23H2/t27-,28+,29-/m0/s1. The Kier molecular flexibility index (Phi) is 9.47. The molecule has 1 aromatic carbocycles. The molecule has 258 valence electrons. The normalized spacial score (nSPS) is 20.4. The van der Waals surface area contributed by atoms with Gasteiger partial charge in [-0.05, 0) is 64.2 Å². The zero-order chi connectivity index (χ0) is 34.9. The van der Waals surface area contributed by atoms with Crippen molar-refractivity contribution >= 4 is 80.5 Å². The lowest BCUT2D eigenvalue weighted by Crippen LogP contribution is -2.44. The average Bonchev–Trinajstić information content (AvgIpc) is 4.00. The smallest absolute Gasteiger partial charge is 0.303 e. The molecule has 1 saturated heterocycles. The van der Waals surface area contributed by atoms with Crippen molar-refractivity contribution in [2.75, 3.05) is 13.1 Å². The van der Waals surface area contributed by atoms with Crippen molar-refractivity contribution in [2.24, 2.45) is 10.2 Å². The molecule has 0 unspecified atom stereocenters. The number of urea groups is 1. The van der Waals surface area contributed by atoms with E-state index in [2.05, 4.69) is 0 Å². The highest BCUT2D eigenvalue weighted by Crippen LogP contribution is 2.38. The molecular formula is C37H32N6O4S4. The van der Waals surface area contributed by atoms with Crippen molar-refractivity contribution in [1.29, 1.82) is 0 Å². The van der Waals surface area contributed by atoms with Crippen LogP contribution in [0.15, 0.2) is 111 Å². The lowest BCUT2D eigenvalue weighted by Gasteiger charge is -2.26. The molecule has 3 aliphatic rings. The molecule has 0 saturated carbocycles. The highest BCUT2D eigenvalue weighted by Gasteiger charge is 2.48. The number of hydrazone groups is 2. The van der Waals surface area contributed by atoms with Gasteiger partial charge in [-0.15, -0.1) is 45.3 Å². The zero-order valence-electron chi connectivity index (χ0n) is 27.2. The summed E-state index contributed by atoms with van der Waals surface area (Å²) in [4.78, 5) is 62.8. The van der Waals surface area contributed by atoms with E-state index in [1.54, 1.807) is 34.0 Å². The van der Waals surface area contributed by atoms with Crippen LogP contribution >= 0.6 is 45.3 Å². The topological polar surface area (TPSA) is 106 Å². The van der Waals surface area contributed by atoms with Crippen molar-refractivity contribution in [1.82, 2.24) is 19.8 Å². The second kappa shape index (κ2) is 14.5. The van der Waals surface area contributed by atoms with Gasteiger partial charge in [-0.3, -0.25) is 19.3 Å². The third-order valence-corrected chi connectivity index (χ3v) is 13.0. The van der Waals surface area contributed by atoms with Crippen molar-refractivity contribution in [3.63, 3.8) is 0 Å². The van der Waals surface area contributed by atoms with Gasteiger partial charge in [-0.1, -0.05) is 54.6 Å². The number of carbonyl (C=O) groups is 4.